The van der Waals surface area contributed by atoms with E-state index in [1.807, 2.05) is 36.6 Å². The van der Waals surface area contributed by atoms with Crippen LogP contribution in [0, 0.1) is 6.92 Å². The summed E-state index contributed by atoms with van der Waals surface area (Å²) in [4.78, 5) is 1.14. The number of rotatable bonds is 3. The van der Waals surface area contributed by atoms with Crippen molar-refractivity contribution >= 4 is 35.6 Å². The van der Waals surface area contributed by atoms with Crippen molar-refractivity contribution in [1.29, 1.82) is 0 Å². The molecule has 2 aromatic rings. The third kappa shape index (κ3) is 2.54. The van der Waals surface area contributed by atoms with E-state index < -0.39 is 0 Å². The van der Waals surface area contributed by atoms with Gasteiger partial charge in [-0.25, -0.2) is 0 Å². The average Bonchev–Trinajstić information content (AvgIpc) is 2.69. The first kappa shape index (κ1) is 11.8. The maximum absolute atomic E-state index is 5.89. The molecule has 1 nitrogen and oxygen atoms in total. The maximum atomic E-state index is 5.89. The Morgan fingerprint density at radius 3 is 2.81 bits per heavy atom. The minimum atomic E-state index is 0.694. The Hall–Kier alpha value is -0.640. The average molecular weight is 271 g/mol. The van der Waals surface area contributed by atoms with E-state index in [0.29, 0.717) is 5.75 Å². The highest BCUT2D eigenvalue weighted by Crippen LogP contribution is 2.33. The summed E-state index contributed by atoms with van der Waals surface area (Å²) >= 11 is 11.8. The van der Waals surface area contributed by atoms with Crippen LogP contribution in [-0.4, -0.2) is 0 Å². The number of benzene rings is 1. The Kier molecular flexibility index (Phi) is 3.79. The first-order valence-electron chi connectivity index (χ1n) is 4.82. The van der Waals surface area contributed by atoms with Crippen LogP contribution in [0.3, 0.4) is 0 Å². The molecule has 1 aromatic carbocycles. The van der Waals surface area contributed by atoms with Crippen molar-refractivity contribution in [1.82, 2.24) is 0 Å². The van der Waals surface area contributed by atoms with Gasteiger partial charge in [-0.15, -0.1) is 11.3 Å². The summed E-state index contributed by atoms with van der Waals surface area (Å²) in [6.07, 6.45) is 0. The van der Waals surface area contributed by atoms with Crippen LogP contribution in [0.25, 0.3) is 0 Å². The summed E-state index contributed by atoms with van der Waals surface area (Å²) in [6, 6.07) is 7.57. The molecule has 2 rings (SSSR count). The number of hydrogen-bond donors (Lipinski definition) is 1. The number of halogens is 1. The predicted molar refractivity (Wildman–Crippen MR) is 73.3 cm³/mol. The SMILES string of the molecule is Cc1cc(Cl)ccc1Oc1ccsc1CS. The normalized spacial score (nSPS) is 10.4. The van der Waals surface area contributed by atoms with Crippen LogP contribution in [0.15, 0.2) is 29.6 Å². The van der Waals surface area contributed by atoms with Gasteiger partial charge in [0.2, 0.25) is 0 Å². The van der Waals surface area contributed by atoms with Crippen LogP contribution < -0.4 is 4.74 Å². The molecule has 0 spiro atoms. The topological polar surface area (TPSA) is 9.23 Å². The molecule has 0 bridgehead atoms. The molecule has 0 amide bonds. The molecule has 16 heavy (non-hydrogen) atoms. The predicted octanol–water partition coefficient (Wildman–Crippen LogP) is 4.93. The Morgan fingerprint density at radius 2 is 2.12 bits per heavy atom. The number of ether oxygens (including phenoxy) is 1. The van der Waals surface area contributed by atoms with Crippen LogP contribution in [-0.2, 0) is 5.75 Å². The monoisotopic (exact) mass is 270 g/mol. The summed E-state index contributed by atoms with van der Waals surface area (Å²) in [6.45, 7) is 1.98. The molecule has 0 fully saturated rings. The molecule has 0 saturated heterocycles. The molecule has 84 valence electrons. The lowest BCUT2D eigenvalue weighted by atomic mass is 10.2. The molecule has 0 aliphatic carbocycles. The molecule has 0 radical (unpaired) electrons. The third-order valence-corrected chi connectivity index (χ3v) is 3.87. The van der Waals surface area contributed by atoms with Gasteiger partial charge < -0.3 is 4.74 Å². The lowest BCUT2D eigenvalue weighted by Crippen LogP contribution is -1.88. The summed E-state index contributed by atoms with van der Waals surface area (Å²) in [5, 5.41) is 2.73. The largest absolute Gasteiger partial charge is 0.456 e. The van der Waals surface area contributed by atoms with Crippen molar-refractivity contribution < 1.29 is 4.74 Å². The van der Waals surface area contributed by atoms with E-state index in [2.05, 4.69) is 12.6 Å². The maximum Gasteiger partial charge on any atom is 0.142 e. The van der Waals surface area contributed by atoms with Gasteiger partial charge in [-0.1, -0.05) is 11.6 Å². The van der Waals surface area contributed by atoms with Gasteiger partial charge in [0.25, 0.3) is 0 Å². The van der Waals surface area contributed by atoms with Gasteiger partial charge in [0.1, 0.15) is 11.5 Å². The summed E-state index contributed by atoms with van der Waals surface area (Å²) in [5.74, 6) is 2.41. The van der Waals surface area contributed by atoms with Gasteiger partial charge >= 0.3 is 0 Å². The number of aryl methyl sites for hydroxylation is 1. The third-order valence-electron chi connectivity index (χ3n) is 2.21. The smallest absolute Gasteiger partial charge is 0.142 e. The molecule has 0 unspecified atom stereocenters. The summed E-state index contributed by atoms with van der Waals surface area (Å²) in [5.41, 5.74) is 1.03. The molecular weight excluding hydrogens is 260 g/mol. The second kappa shape index (κ2) is 5.13. The molecular formula is C12H11ClOS2. The van der Waals surface area contributed by atoms with Gasteiger partial charge in [0, 0.05) is 10.8 Å². The fraction of sp³-hybridized carbons (Fsp3) is 0.167. The fourth-order valence-electron chi connectivity index (χ4n) is 1.38. The van der Waals surface area contributed by atoms with Gasteiger partial charge in [0.05, 0.1) is 4.88 Å². The molecule has 1 heterocycles. The van der Waals surface area contributed by atoms with Crippen LogP contribution in [0.1, 0.15) is 10.4 Å². The second-order valence-electron chi connectivity index (χ2n) is 3.38. The van der Waals surface area contributed by atoms with Gasteiger partial charge in [-0.3, -0.25) is 0 Å². The first-order chi connectivity index (χ1) is 7.70. The number of thiophene rings is 1. The molecule has 0 N–H and O–H groups in total. The molecule has 1 aromatic heterocycles. The van der Waals surface area contributed by atoms with Gasteiger partial charge in [-0.2, -0.15) is 12.6 Å². The van der Waals surface area contributed by atoms with Crippen molar-refractivity contribution in [3.05, 3.63) is 45.1 Å². The zero-order valence-corrected chi connectivity index (χ0v) is 11.2. The van der Waals surface area contributed by atoms with Crippen LogP contribution in [0.4, 0.5) is 0 Å². The highest BCUT2D eigenvalue weighted by Gasteiger charge is 2.07. The minimum absolute atomic E-state index is 0.694. The highest BCUT2D eigenvalue weighted by atomic mass is 35.5. The summed E-state index contributed by atoms with van der Waals surface area (Å²) in [7, 11) is 0. The van der Waals surface area contributed by atoms with Crippen molar-refractivity contribution in [2.24, 2.45) is 0 Å². The molecule has 0 aliphatic heterocycles. The van der Waals surface area contributed by atoms with Crippen molar-refractivity contribution in [3.63, 3.8) is 0 Å². The standard InChI is InChI=1S/C12H11ClOS2/c1-8-6-9(13)2-3-10(8)14-11-4-5-16-12(11)7-15/h2-6,15H,7H2,1H3. The van der Waals surface area contributed by atoms with Crippen molar-refractivity contribution in [3.8, 4) is 11.5 Å². The highest BCUT2D eigenvalue weighted by molar-refractivity contribution is 7.79. The second-order valence-corrected chi connectivity index (χ2v) is 5.13. The Bertz CT molecular complexity index is 494. The van der Waals surface area contributed by atoms with E-state index in [9.17, 15) is 0 Å². The fourth-order valence-corrected chi connectivity index (χ4v) is 2.64. The van der Waals surface area contributed by atoms with E-state index >= 15 is 0 Å². The number of hydrogen-bond acceptors (Lipinski definition) is 3. The Morgan fingerprint density at radius 1 is 1.31 bits per heavy atom. The van der Waals surface area contributed by atoms with E-state index in [4.69, 9.17) is 16.3 Å². The molecule has 0 aliphatic rings. The quantitative estimate of drug-likeness (QED) is 0.778. The van der Waals surface area contributed by atoms with Crippen LogP contribution in [0.5, 0.6) is 11.5 Å². The van der Waals surface area contributed by atoms with E-state index in [-0.39, 0.29) is 0 Å². The lowest BCUT2D eigenvalue weighted by Gasteiger charge is -2.08. The van der Waals surface area contributed by atoms with Crippen molar-refractivity contribution in [2.45, 2.75) is 12.7 Å². The molecule has 0 saturated carbocycles. The van der Waals surface area contributed by atoms with E-state index in [0.717, 1.165) is 27.0 Å². The first-order valence-corrected chi connectivity index (χ1v) is 6.71. The minimum Gasteiger partial charge on any atom is -0.456 e. The number of thiol groups is 1. The zero-order chi connectivity index (χ0) is 11.5. The molecule has 0 atom stereocenters. The molecule has 4 heteroatoms. The lowest BCUT2D eigenvalue weighted by molar-refractivity contribution is 0.478. The van der Waals surface area contributed by atoms with Crippen molar-refractivity contribution in [2.75, 3.05) is 0 Å². The van der Waals surface area contributed by atoms with Gasteiger partial charge in [-0.05, 0) is 42.1 Å². The zero-order valence-electron chi connectivity index (χ0n) is 8.74. The van der Waals surface area contributed by atoms with E-state index in [1.54, 1.807) is 11.3 Å². The van der Waals surface area contributed by atoms with Crippen LogP contribution >= 0.6 is 35.6 Å². The Labute approximate surface area is 109 Å². The Balaban J connectivity index is 2.27. The summed E-state index contributed by atoms with van der Waals surface area (Å²) < 4.78 is 5.83. The van der Waals surface area contributed by atoms with Crippen LogP contribution in [0.2, 0.25) is 5.02 Å². The van der Waals surface area contributed by atoms with E-state index in [1.165, 1.54) is 0 Å². The van der Waals surface area contributed by atoms with Gasteiger partial charge in [0.15, 0.2) is 0 Å².